The quantitative estimate of drug-likeness (QED) is 0.877. The highest BCUT2D eigenvalue weighted by atomic mass is 32.2. The van der Waals surface area contributed by atoms with Crippen LogP contribution in [0.25, 0.3) is 0 Å². The third-order valence-corrected chi connectivity index (χ3v) is 6.01. The maximum atomic E-state index is 12.4. The monoisotopic (exact) mass is 372 g/mol. The molecule has 0 spiro atoms. The predicted octanol–water partition coefficient (Wildman–Crippen LogP) is 3.02. The van der Waals surface area contributed by atoms with Crippen LogP contribution in [0.4, 0.5) is 5.69 Å². The first kappa shape index (κ1) is 18.6. The van der Waals surface area contributed by atoms with Crippen molar-refractivity contribution in [2.24, 2.45) is 5.92 Å². The van der Waals surface area contributed by atoms with E-state index in [1.807, 2.05) is 43.9 Å². The van der Waals surface area contributed by atoms with Crippen molar-refractivity contribution in [3.05, 3.63) is 59.2 Å². The van der Waals surface area contributed by atoms with Crippen LogP contribution in [0.3, 0.4) is 0 Å². The summed E-state index contributed by atoms with van der Waals surface area (Å²) in [6.45, 7) is 6.62. The minimum absolute atomic E-state index is 0.0399. The van der Waals surface area contributed by atoms with Crippen molar-refractivity contribution < 1.29 is 13.2 Å². The number of sulfonamides is 1. The van der Waals surface area contributed by atoms with Gasteiger partial charge in [-0.15, -0.1) is 0 Å². The summed E-state index contributed by atoms with van der Waals surface area (Å²) in [5, 5.41) is 0. The second-order valence-electron chi connectivity index (χ2n) is 7.00. The van der Waals surface area contributed by atoms with Gasteiger partial charge in [0.1, 0.15) is 0 Å². The molecule has 2 aromatic rings. The lowest BCUT2D eigenvalue weighted by molar-refractivity contribution is -0.121. The second-order valence-corrected chi connectivity index (χ2v) is 8.76. The van der Waals surface area contributed by atoms with Gasteiger partial charge in [0, 0.05) is 24.7 Å². The lowest BCUT2D eigenvalue weighted by Crippen LogP contribution is -2.32. The molecule has 0 bridgehead atoms. The summed E-state index contributed by atoms with van der Waals surface area (Å²) in [6.07, 6.45) is 0.798. The number of nitrogens with one attached hydrogen (secondary N) is 1. The average molecular weight is 372 g/mol. The van der Waals surface area contributed by atoms with Crippen LogP contribution in [0, 0.1) is 12.8 Å². The molecule has 0 saturated carbocycles. The van der Waals surface area contributed by atoms with E-state index in [0.29, 0.717) is 6.54 Å². The van der Waals surface area contributed by atoms with E-state index in [4.69, 9.17) is 0 Å². The van der Waals surface area contributed by atoms with Gasteiger partial charge in [0.05, 0.1) is 4.90 Å². The van der Waals surface area contributed by atoms with Crippen molar-refractivity contribution in [1.82, 2.24) is 4.72 Å². The van der Waals surface area contributed by atoms with Crippen molar-refractivity contribution in [1.29, 1.82) is 0 Å². The number of fused-ring (bicyclic) bond motifs is 1. The smallest absolute Gasteiger partial charge is 0.240 e. The summed E-state index contributed by atoms with van der Waals surface area (Å²) in [5.41, 5.74) is 3.93. The highest BCUT2D eigenvalue weighted by Crippen LogP contribution is 2.30. The Balaban J connectivity index is 1.72. The van der Waals surface area contributed by atoms with Gasteiger partial charge in [-0.05, 0) is 42.7 Å². The molecule has 0 fully saturated rings. The lowest BCUT2D eigenvalue weighted by Gasteiger charge is -2.19. The van der Waals surface area contributed by atoms with Crippen LogP contribution in [-0.2, 0) is 27.8 Å². The van der Waals surface area contributed by atoms with E-state index in [1.165, 1.54) is 0 Å². The highest BCUT2D eigenvalue weighted by molar-refractivity contribution is 7.89. The molecule has 3 rings (SSSR count). The van der Waals surface area contributed by atoms with Gasteiger partial charge in [0.2, 0.25) is 15.9 Å². The maximum absolute atomic E-state index is 12.4. The van der Waals surface area contributed by atoms with Crippen LogP contribution >= 0.6 is 0 Å². The van der Waals surface area contributed by atoms with Gasteiger partial charge < -0.3 is 4.90 Å². The summed E-state index contributed by atoms with van der Waals surface area (Å²) in [7, 11) is -3.54. The molecular weight excluding hydrogens is 348 g/mol. The fourth-order valence-electron chi connectivity index (χ4n) is 3.08. The number of benzene rings is 2. The maximum Gasteiger partial charge on any atom is 0.240 e. The number of hydrogen-bond donors (Lipinski definition) is 1. The van der Waals surface area contributed by atoms with E-state index in [-0.39, 0.29) is 23.3 Å². The minimum atomic E-state index is -3.54. The van der Waals surface area contributed by atoms with E-state index in [2.05, 4.69) is 4.72 Å². The van der Waals surface area contributed by atoms with Crippen LogP contribution in [0.5, 0.6) is 0 Å². The number of anilines is 1. The average Bonchev–Trinajstić information content (AvgIpc) is 3.02. The molecule has 0 aromatic heterocycles. The second kappa shape index (κ2) is 7.21. The Morgan fingerprint density at radius 1 is 1.15 bits per heavy atom. The molecule has 0 unspecified atom stereocenters. The fraction of sp³-hybridized carbons (Fsp3) is 0.350. The number of hydrogen-bond acceptors (Lipinski definition) is 3. The first-order valence-corrected chi connectivity index (χ1v) is 10.3. The topological polar surface area (TPSA) is 66.5 Å². The van der Waals surface area contributed by atoms with Crippen LogP contribution < -0.4 is 9.62 Å². The summed E-state index contributed by atoms with van der Waals surface area (Å²) >= 11 is 0. The number of amides is 1. The predicted molar refractivity (Wildman–Crippen MR) is 103 cm³/mol. The number of carbonyl (C=O) groups is 1. The van der Waals surface area contributed by atoms with Gasteiger partial charge in [-0.2, -0.15) is 0 Å². The largest absolute Gasteiger partial charge is 0.312 e. The molecule has 1 aliphatic rings. The Bertz CT molecular complexity index is 919. The summed E-state index contributed by atoms with van der Waals surface area (Å²) in [6, 6.07) is 12.6. The Morgan fingerprint density at radius 2 is 1.85 bits per heavy atom. The Labute approximate surface area is 155 Å². The van der Waals surface area contributed by atoms with Gasteiger partial charge in [0.15, 0.2) is 0 Å². The molecule has 1 N–H and O–H groups in total. The fourth-order valence-corrected chi connectivity index (χ4v) is 4.10. The SMILES string of the molecule is Cc1ccc(S(=O)(=O)NCc2ccc3c(c2)CCN3C(=O)C(C)C)cc1. The Kier molecular flexibility index (Phi) is 5.16. The zero-order valence-electron chi connectivity index (χ0n) is 15.3. The molecule has 138 valence electrons. The molecule has 1 amide bonds. The molecule has 5 nitrogen and oxygen atoms in total. The zero-order chi connectivity index (χ0) is 18.9. The Hall–Kier alpha value is -2.18. The first-order chi connectivity index (χ1) is 12.3. The highest BCUT2D eigenvalue weighted by Gasteiger charge is 2.26. The summed E-state index contributed by atoms with van der Waals surface area (Å²) in [5.74, 6) is 0.0820. The van der Waals surface area contributed by atoms with Gasteiger partial charge >= 0.3 is 0 Å². The van der Waals surface area contributed by atoms with E-state index in [1.54, 1.807) is 24.3 Å². The van der Waals surface area contributed by atoms with Crippen LogP contribution in [0.15, 0.2) is 47.4 Å². The molecule has 1 heterocycles. The molecular formula is C20H24N2O3S. The van der Waals surface area contributed by atoms with Crippen molar-refractivity contribution in [3.8, 4) is 0 Å². The standard InChI is InChI=1S/C20H24N2O3S/c1-14(2)20(23)22-11-10-17-12-16(6-9-19(17)22)13-21-26(24,25)18-7-4-15(3)5-8-18/h4-9,12,14,21H,10-11,13H2,1-3H3. The molecule has 2 aromatic carbocycles. The number of nitrogens with zero attached hydrogens (tertiary/aromatic N) is 1. The molecule has 1 aliphatic heterocycles. The summed E-state index contributed by atoms with van der Waals surface area (Å²) in [4.78, 5) is 14.3. The zero-order valence-corrected chi connectivity index (χ0v) is 16.1. The molecule has 0 radical (unpaired) electrons. The van der Waals surface area contributed by atoms with Gasteiger partial charge in [-0.25, -0.2) is 13.1 Å². The van der Waals surface area contributed by atoms with E-state index >= 15 is 0 Å². The van der Waals surface area contributed by atoms with Crippen LogP contribution in [-0.4, -0.2) is 20.9 Å². The Morgan fingerprint density at radius 3 is 2.50 bits per heavy atom. The van der Waals surface area contributed by atoms with Crippen molar-refractivity contribution >= 4 is 21.6 Å². The van der Waals surface area contributed by atoms with Crippen LogP contribution in [0.1, 0.15) is 30.5 Å². The van der Waals surface area contributed by atoms with Gasteiger partial charge in [-0.1, -0.05) is 43.7 Å². The van der Waals surface area contributed by atoms with E-state index < -0.39 is 10.0 Å². The van der Waals surface area contributed by atoms with Crippen molar-refractivity contribution in [2.45, 2.75) is 38.6 Å². The number of aryl methyl sites for hydroxylation is 1. The third kappa shape index (κ3) is 3.81. The van der Waals surface area contributed by atoms with Gasteiger partial charge in [0.25, 0.3) is 0 Å². The minimum Gasteiger partial charge on any atom is -0.312 e. The molecule has 26 heavy (non-hydrogen) atoms. The van der Waals surface area contributed by atoms with E-state index in [9.17, 15) is 13.2 Å². The van der Waals surface area contributed by atoms with Crippen molar-refractivity contribution in [2.75, 3.05) is 11.4 Å². The number of carbonyl (C=O) groups excluding carboxylic acids is 1. The van der Waals surface area contributed by atoms with Gasteiger partial charge in [-0.3, -0.25) is 4.79 Å². The van der Waals surface area contributed by atoms with E-state index in [0.717, 1.165) is 28.8 Å². The first-order valence-electron chi connectivity index (χ1n) is 8.77. The lowest BCUT2D eigenvalue weighted by atomic mass is 10.1. The third-order valence-electron chi connectivity index (χ3n) is 4.60. The molecule has 6 heteroatoms. The number of rotatable bonds is 5. The molecule has 0 atom stereocenters. The molecule has 0 aliphatic carbocycles. The molecule has 0 saturated heterocycles. The van der Waals surface area contributed by atoms with Crippen LogP contribution in [0.2, 0.25) is 0 Å². The summed E-state index contributed by atoms with van der Waals surface area (Å²) < 4.78 is 27.5. The normalized spacial score (nSPS) is 13.9. The van der Waals surface area contributed by atoms with Crippen molar-refractivity contribution in [3.63, 3.8) is 0 Å².